The molecule has 0 aliphatic heterocycles. The van der Waals surface area contributed by atoms with E-state index in [0.717, 1.165) is 26.7 Å². The monoisotopic (exact) mass is 405 g/mol. The van der Waals surface area contributed by atoms with Gasteiger partial charge in [0, 0.05) is 40.9 Å². The van der Waals surface area contributed by atoms with Gasteiger partial charge in [-0.15, -0.1) is 11.3 Å². The third kappa shape index (κ3) is 3.88. The Hall–Kier alpha value is -2.06. The van der Waals surface area contributed by atoms with Crippen molar-refractivity contribution in [3.63, 3.8) is 0 Å². The first kappa shape index (κ1) is 16.8. The number of aromatic nitrogens is 4. The molecule has 0 atom stereocenters. The van der Waals surface area contributed by atoms with Gasteiger partial charge in [0.1, 0.15) is 0 Å². The maximum Gasteiger partial charge on any atom is 0.252 e. The second-order valence-electron chi connectivity index (χ2n) is 5.36. The summed E-state index contributed by atoms with van der Waals surface area (Å²) in [5, 5.41) is 10.2. The van der Waals surface area contributed by atoms with Crippen LogP contribution < -0.4 is 5.32 Å². The van der Waals surface area contributed by atoms with Crippen LogP contribution in [-0.4, -0.2) is 32.2 Å². The molecule has 6 nitrogen and oxygen atoms in total. The first-order chi connectivity index (χ1) is 11.5. The molecule has 0 unspecified atom stereocenters. The third-order valence-electron chi connectivity index (χ3n) is 3.36. The molecular formula is C16H16BrN5OS. The van der Waals surface area contributed by atoms with Gasteiger partial charge in [-0.3, -0.25) is 9.78 Å². The Morgan fingerprint density at radius 3 is 2.88 bits per heavy atom. The summed E-state index contributed by atoms with van der Waals surface area (Å²) in [4.78, 5) is 20.6. The van der Waals surface area contributed by atoms with E-state index < -0.39 is 0 Å². The van der Waals surface area contributed by atoms with Gasteiger partial charge in [-0.2, -0.15) is 5.10 Å². The Morgan fingerprint density at radius 1 is 1.33 bits per heavy atom. The highest BCUT2D eigenvalue weighted by Gasteiger charge is 2.10. The zero-order valence-electron chi connectivity index (χ0n) is 13.3. The molecule has 0 aliphatic rings. The van der Waals surface area contributed by atoms with Gasteiger partial charge in [0.05, 0.1) is 17.0 Å². The summed E-state index contributed by atoms with van der Waals surface area (Å²) in [6, 6.07) is 3.76. The summed E-state index contributed by atoms with van der Waals surface area (Å²) in [6.45, 7) is 4.49. The second-order valence-corrected chi connectivity index (χ2v) is 7.11. The summed E-state index contributed by atoms with van der Waals surface area (Å²) in [5.74, 6) is -0.141. The third-order valence-corrected chi connectivity index (χ3v) is 4.66. The molecule has 0 radical (unpaired) electrons. The molecule has 8 heteroatoms. The average Bonchev–Trinajstić information content (AvgIpc) is 3.13. The lowest BCUT2D eigenvalue weighted by Gasteiger charge is -2.04. The van der Waals surface area contributed by atoms with E-state index in [1.165, 1.54) is 0 Å². The van der Waals surface area contributed by atoms with Crippen LogP contribution in [0.2, 0.25) is 0 Å². The summed E-state index contributed by atoms with van der Waals surface area (Å²) in [6.07, 6.45) is 3.86. The van der Waals surface area contributed by atoms with Crippen molar-refractivity contribution in [1.29, 1.82) is 0 Å². The van der Waals surface area contributed by atoms with E-state index in [0.29, 0.717) is 18.5 Å². The Morgan fingerprint density at radius 2 is 2.17 bits per heavy atom. The molecule has 0 fully saturated rings. The predicted octanol–water partition coefficient (Wildman–Crippen LogP) is 3.08. The molecule has 3 heterocycles. The van der Waals surface area contributed by atoms with Gasteiger partial charge in [-0.25, -0.2) is 9.67 Å². The highest BCUT2D eigenvalue weighted by Crippen LogP contribution is 2.17. The molecule has 0 saturated carbocycles. The summed E-state index contributed by atoms with van der Waals surface area (Å²) < 4.78 is 2.62. The molecule has 24 heavy (non-hydrogen) atoms. The number of amides is 1. The Kier molecular flexibility index (Phi) is 5.06. The van der Waals surface area contributed by atoms with Gasteiger partial charge in [0.25, 0.3) is 5.91 Å². The maximum absolute atomic E-state index is 12.1. The van der Waals surface area contributed by atoms with Gasteiger partial charge in [-0.1, -0.05) is 0 Å². The van der Waals surface area contributed by atoms with Crippen molar-refractivity contribution in [3.05, 3.63) is 57.0 Å². The van der Waals surface area contributed by atoms with Crippen molar-refractivity contribution < 1.29 is 4.79 Å². The van der Waals surface area contributed by atoms with Gasteiger partial charge in [0.2, 0.25) is 5.13 Å². The minimum Gasteiger partial charge on any atom is -0.352 e. The molecule has 0 saturated heterocycles. The van der Waals surface area contributed by atoms with Crippen LogP contribution in [0.5, 0.6) is 0 Å². The largest absolute Gasteiger partial charge is 0.352 e. The second kappa shape index (κ2) is 7.23. The standard InChI is InChI=1S/C16H16BrN5OS/c1-10-5-11(2)22(21-10)16-20-14(9-24-16)3-4-19-15(23)12-6-13(17)8-18-7-12/h5-9H,3-4H2,1-2H3,(H,19,23). The Balaban J connectivity index is 1.58. The lowest BCUT2D eigenvalue weighted by Crippen LogP contribution is -2.25. The van der Waals surface area contributed by atoms with Crippen LogP contribution in [0.3, 0.4) is 0 Å². The highest BCUT2D eigenvalue weighted by atomic mass is 79.9. The molecule has 1 N–H and O–H groups in total. The summed E-state index contributed by atoms with van der Waals surface area (Å²) in [5.41, 5.74) is 3.50. The van der Waals surface area contributed by atoms with Crippen molar-refractivity contribution >= 4 is 33.2 Å². The van der Waals surface area contributed by atoms with E-state index in [4.69, 9.17) is 0 Å². The van der Waals surface area contributed by atoms with E-state index >= 15 is 0 Å². The summed E-state index contributed by atoms with van der Waals surface area (Å²) >= 11 is 4.86. The molecule has 0 bridgehead atoms. The minimum atomic E-state index is -0.141. The molecule has 3 aromatic heterocycles. The number of aryl methyl sites for hydroxylation is 2. The first-order valence-electron chi connectivity index (χ1n) is 7.40. The molecule has 1 amide bonds. The van der Waals surface area contributed by atoms with Crippen LogP contribution in [0.4, 0.5) is 0 Å². The predicted molar refractivity (Wildman–Crippen MR) is 96.7 cm³/mol. The molecule has 0 spiro atoms. The molecule has 0 aliphatic carbocycles. The number of nitrogens with one attached hydrogen (secondary N) is 1. The first-order valence-corrected chi connectivity index (χ1v) is 9.07. The van der Waals surface area contributed by atoms with Crippen molar-refractivity contribution in [2.24, 2.45) is 0 Å². The van der Waals surface area contributed by atoms with Gasteiger partial charge < -0.3 is 5.32 Å². The van der Waals surface area contributed by atoms with E-state index in [9.17, 15) is 4.79 Å². The lowest BCUT2D eigenvalue weighted by atomic mass is 10.2. The number of hydrogen-bond donors (Lipinski definition) is 1. The van der Waals surface area contributed by atoms with Crippen LogP contribution in [0.15, 0.2) is 34.4 Å². The van der Waals surface area contributed by atoms with Crippen LogP contribution >= 0.6 is 27.3 Å². The topological polar surface area (TPSA) is 72.7 Å². The van der Waals surface area contributed by atoms with Crippen molar-refractivity contribution in [2.75, 3.05) is 6.54 Å². The quantitative estimate of drug-likeness (QED) is 0.707. The number of halogens is 1. The number of pyridine rings is 1. The van der Waals surface area contributed by atoms with E-state index in [1.54, 1.807) is 29.8 Å². The molecule has 0 aromatic carbocycles. The Labute approximate surface area is 152 Å². The molecular weight excluding hydrogens is 390 g/mol. The zero-order chi connectivity index (χ0) is 17.1. The van der Waals surface area contributed by atoms with E-state index in [2.05, 4.69) is 36.3 Å². The zero-order valence-corrected chi connectivity index (χ0v) is 15.7. The van der Waals surface area contributed by atoms with Crippen molar-refractivity contribution in [3.8, 4) is 5.13 Å². The van der Waals surface area contributed by atoms with Crippen molar-refractivity contribution in [1.82, 2.24) is 25.1 Å². The van der Waals surface area contributed by atoms with Crippen LogP contribution in [0.1, 0.15) is 27.4 Å². The molecule has 124 valence electrons. The lowest BCUT2D eigenvalue weighted by molar-refractivity contribution is 0.0953. The van der Waals surface area contributed by atoms with Gasteiger partial charge in [0.15, 0.2) is 0 Å². The minimum absolute atomic E-state index is 0.141. The van der Waals surface area contributed by atoms with E-state index in [-0.39, 0.29) is 5.91 Å². The Bertz CT molecular complexity index is 873. The SMILES string of the molecule is Cc1cc(C)n(-c2nc(CCNC(=O)c3cncc(Br)c3)cs2)n1. The summed E-state index contributed by atoms with van der Waals surface area (Å²) in [7, 11) is 0. The number of nitrogens with zero attached hydrogens (tertiary/aromatic N) is 4. The highest BCUT2D eigenvalue weighted by molar-refractivity contribution is 9.10. The fraction of sp³-hybridized carbons (Fsp3) is 0.250. The van der Waals surface area contributed by atoms with Gasteiger partial charge >= 0.3 is 0 Å². The van der Waals surface area contributed by atoms with E-state index in [1.807, 2.05) is 30.0 Å². The number of rotatable bonds is 5. The molecule has 3 aromatic rings. The average molecular weight is 406 g/mol. The van der Waals surface area contributed by atoms with Gasteiger partial charge in [-0.05, 0) is 41.9 Å². The van der Waals surface area contributed by atoms with Crippen LogP contribution in [0.25, 0.3) is 5.13 Å². The normalized spacial score (nSPS) is 10.8. The molecule has 3 rings (SSSR count). The van der Waals surface area contributed by atoms with Crippen LogP contribution in [-0.2, 0) is 6.42 Å². The van der Waals surface area contributed by atoms with Crippen molar-refractivity contribution in [2.45, 2.75) is 20.3 Å². The number of hydrogen-bond acceptors (Lipinski definition) is 5. The number of thiazole rings is 1. The number of carbonyl (C=O) groups is 1. The fourth-order valence-electron chi connectivity index (χ4n) is 2.27. The van der Waals surface area contributed by atoms with Crippen LogP contribution in [0, 0.1) is 13.8 Å². The smallest absolute Gasteiger partial charge is 0.252 e. The maximum atomic E-state index is 12.1. The number of carbonyl (C=O) groups excluding carboxylic acids is 1. The fourth-order valence-corrected chi connectivity index (χ4v) is 3.50.